The second-order valence-corrected chi connectivity index (χ2v) is 7.89. The summed E-state index contributed by atoms with van der Waals surface area (Å²) in [5.74, 6) is -0.114. The van der Waals surface area contributed by atoms with E-state index in [2.05, 4.69) is 5.32 Å². The van der Waals surface area contributed by atoms with Crippen LogP contribution in [0.2, 0.25) is 0 Å². The fourth-order valence-electron chi connectivity index (χ4n) is 3.47. The lowest BCUT2D eigenvalue weighted by Gasteiger charge is -2.29. The molecule has 0 aromatic heterocycles. The lowest BCUT2D eigenvalue weighted by molar-refractivity contribution is -0.144. The molecule has 2 N–H and O–H groups in total. The molecule has 4 unspecified atom stereocenters. The Kier molecular flexibility index (Phi) is 3.96. The van der Waals surface area contributed by atoms with Crippen LogP contribution in [0.3, 0.4) is 0 Å². The molecule has 0 spiro atoms. The quantitative estimate of drug-likeness (QED) is 0.738. The Morgan fingerprint density at radius 1 is 1.33 bits per heavy atom. The average Bonchev–Trinajstić information content (AvgIpc) is 2.88. The summed E-state index contributed by atoms with van der Waals surface area (Å²) in [4.78, 5) is 11.3. The monoisotopic (exact) mass is 275 g/mol. The van der Waals surface area contributed by atoms with E-state index >= 15 is 0 Å². The summed E-state index contributed by atoms with van der Waals surface area (Å²) in [6, 6.07) is -0.0340. The lowest BCUT2D eigenvalue weighted by Crippen LogP contribution is -2.45. The van der Waals surface area contributed by atoms with Gasteiger partial charge in [-0.2, -0.15) is 0 Å². The predicted octanol–water partition coefficient (Wildman–Crippen LogP) is 0.510. The van der Waals surface area contributed by atoms with Gasteiger partial charge in [0.1, 0.15) is 0 Å². The molecule has 2 saturated carbocycles. The van der Waals surface area contributed by atoms with E-state index in [0.29, 0.717) is 12.5 Å². The van der Waals surface area contributed by atoms with Crippen molar-refractivity contribution in [3.05, 3.63) is 0 Å². The molecular weight excluding hydrogens is 254 g/mol. The molecule has 5 nitrogen and oxygen atoms in total. The van der Waals surface area contributed by atoms with Gasteiger partial charge in [0.15, 0.2) is 9.84 Å². The van der Waals surface area contributed by atoms with Crippen LogP contribution in [0.25, 0.3) is 0 Å². The first kappa shape index (κ1) is 13.8. The average molecular weight is 275 g/mol. The Hall–Kier alpha value is -0.620. The smallest absolute Gasteiger partial charge is 0.308 e. The summed E-state index contributed by atoms with van der Waals surface area (Å²) >= 11 is 0. The third-order valence-electron chi connectivity index (χ3n) is 4.43. The number of carboxylic acid groups (broad SMARTS) is 1. The van der Waals surface area contributed by atoms with Gasteiger partial charge in [-0.1, -0.05) is 6.92 Å². The lowest BCUT2D eigenvalue weighted by atomic mass is 9.84. The van der Waals surface area contributed by atoms with Crippen molar-refractivity contribution in [3.8, 4) is 0 Å². The van der Waals surface area contributed by atoms with Gasteiger partial charge in [-0.05, 0) is 31.1 Å². The molecule has 0 radical (unpaired) electrons. The first-order chi connectivity index (χ1) is 8.44. The molecule has 18 heavy (non-hydrogen) atoms. The van der Waals surface area contributed by atoms with Crippen LogP contribution >= 0.6 is 0 Å². The SMILES string of the molecule is CCS(=O)(=O)CCNC1C2CCC(C2)C1C(=O)O. The molecule has 2 aliphatic carbocycles. The number of aliphatic carboxylic acids is 1. The van der Waals surface area contributed by atoms with Gasteiger partial charge < -0.3 is 10.4 Å². The molecule has 0 aromatic rings. The Morgan fingerprint density at radius 2 is 2.00 bits per heavy atom. The van der Waals surface area contributed by atoms with Crippen molar-refractivity contribution in [2.75, 3.05) is 18.1 Å². The van der Waals surface area contributed by atoms with E-state index in [1.165, 1.54) is 0 Å². The Labute approximate surface area is 108 Å². The number of rotatable bonds is 6. The number of hydrogen-bond donors (Lipinski definition) is 2. The van der Waals surface area contributed by atoms with E-state index in [0.717, 1.165) is 19.3 Å². The Balaban J connectivity index is 1.90. The first-order valence-corrected chi connectivity index (χ1v) is 8.43. The molecule has 0 aromatic carbocycles. The van der Waals surface area contributed by atoms with E-state index in [9.17, 15) is 18.3 Å². The van der Waals surface area contributed by atoms with Crippen molar-refractivity contribution in [2.45, 2.75) is 32.2 Å². The fraction of sp³-hybridized carbons (Fsp3) is 0.917. The first-order valence-electron chi connectivity index (χ1n) is 6.61. The standard InChI is InChI=1S/C12H21NO4S/c1-2-18(16,17)6-5-13-11-9-4-3-8(7-9)10(11)12(14)15/h8-11,13H,2-7H2,1H3,(H,14,15). The maximum absolute atomic E-state index is 11.4. The highest BCUT2D eigenvalue weighted by Crippen LogP contribution is 2.48. The maximum atomic E-state index is 11.4. The van der Waals surface area contributed by atoms with Crippen LogP contribution in [0.15, 0.2) is 0 Å². The molecule has 2 fully saturated rings. The van der Waals surface area contributed by atoms with Crippen LogP contribution in [0, 0.1) is 17.8 Å². The highest BCUT2D eigenvalue weighted by Gasteiger charge is 2.50. The van der Waals surface area contributed by atoms with Crippen molar-refractivity contribution in [1.82, 2.24) is 5.32 Å². The number of fused-ring (bicyclic) bond motifs is 2. The Bertz CT molecular complexity index is 420. The number of carbonyl (C=O) groups is 1. The molecule has 2 bridgehead atoms. The molecule has 2 rings (SSSR count). The van der Waals surface area contributed by atoms with E-state index in [-0.39, 0.29) is 29.4 Å². The van der Waals surface area contributed by atoms with E-state index < -0.39 is 15.8 Å². The zero-order chi connectivity index (χ0) is 13.3. The van der Waals surface area contributed by atoms with Gasteiger partial charge in [0, 0.05) is 18.3 Å². The van der Waals surface area contributed by atoms with Crippen molar-refractivity contribution in [2.24, 2.45) is 17.8 Å². The summed E-state index contributed by atoms with van der Waals surface area (Å²) < 4.78 is 22.8. The van der Waals surface area contributed by atoms with E-state index in [1.54, 1.807) is 6.92 Å². The van der Waals surface area contributed by atoms with Crippen LogP contribution in [0.5, 0.6) is 0 Å². The van der Waals surface area contributed by atoms with Gasteiger partial charge in [0.2, 0.25) is 0 Å². The predicted molar refractivity (Wildman–Crippen MR) is 68.1 cm³/mol. The topological polar surface area (TPSA) is 83.5 Å². The van der Waals surface area contributed by atoms with Crippen molar-refractivity contribution in [3.63, 3.8) is 0 Å². The third-order valence-corrected chi connectivity index (χ3v) is 6.14. The summed E-state index contributed by atoms with van der Waals surface area (Å²) in [5.41, 5.74) is 0. The summed E-state index contributed by atoms with van der Waals surface area (Å²) in [6.45, 7) is 2.00. The zero-order valence-corrected chi connectivity index (χ0v) is 11.4. The normalized spacial score (nSPS) is 34.9. The highest BCUT2D eigenvalue weighted by molar-refractivity contribution is 7.91. The minimum atomic E-state index is -2.97. The van der Waals surface area contributed by atoms with Gasteiger partial charge in [-0.25, -0.2) is 8.42 Å². The zero-order valence-electron chi connectivity index (χ0n) is 10.6. The second-order valence-electron chi connectivity index (χ2n) is 5.41. The van der Waals surface area contributed by atoms with Gasteiger partial charge in [0.25, 0.3) is 0 Å². The van der Waals surface area contributed by atoms with Crippen LogP contribution < -0.4 is 5.32 Å². The van der Waals surface area contributed by atoms with Crippen molar-refractivity contribution in [1.29, 1.82) is 0 Å². The fourth-order valence-corrected chi connectivity index (χ4v) is 4.18. The van der Waals surface area contributed by atoms with Crippen molar-refractivity contribution >= 4 is 15.8 Å². The Morgan fingerprint density at radius 3 is 2.61 bits per heavy atom. The minimum absolute atomic E-state index is 0.0340. The minimum Gasteiger partial charge on any atom is -0.481 e. The van der Waals surface area contributed by atoms with E-state index in [4.69, 9.17) is 0 Å². The largest absolute Gasteiger partial charge is 0.481 e. The number of sulfone groups is 1. The van der Waals surface area contributed by atoms with Crippen LogP contribution in [0.1, 0.15) is 26.2 Å². The molecule has 6 heteroatoms. The number of carboxylic acids is 1. The number of hydrogen-bond acceptors (Lipinski definition) is 4. The van der Waals surface area contributed by atoms with Crippen LogP contribution in [-0.2, 0) is 14.6 Å². The van der Waals surface area contributed by atoms with Gasteiger partial charge in [0.05, 0.1) is 11.7 Å². The molecule has 2 aliphatic rings. The van der Waals surface area contributed by atoms with Crippen LogP contribution in [0.4, 0.5) is 0 Å². The molecule has 0 saturated heterocycles. The maximum Gasteiger partial charge on any atom is 0.308 e. The summed E-state index contributed by atoms with van der Waals surface area (Å²) in [5, 5.41) is 12.4. The van der Waals surface area contributed by atoms with Crippen molar-refractivity contribution < 1.29 is 18.3 Å². The highest BCUT2D eigenvalue weighted by atomic mass is 32.2. The second kappa shape index (κ2) is 5.17. The molecule has 0 aliphatic heterocycles. The van der Waals surface area contributed by atoms with Gasteiger partial charge in [-0.3, -0.25) is 4.79 Å². The van der Waals surface area contributed by atoms with E-state index in [1.807, 2.05) is 0 Å². The summed E-state index contributed by atoms with van der Waals surface area (Å²) in [7, 11) is -2.97. The van der Waals surface area contributed by atoms with Crippen LogP contribution in [-0.4, -0.2) is 43.6 Å². The molecular formula is C12H21NO4S. The van der Waals surface area contributed by atoms with Gasteiger partial charge >= 0.3 is 5.97 Å². The molecule has 4 atom stereocenters. The third kappa shape index (κ3) is 2.69. The summed E-state index contributed by atoms with van der Waals surface area (Å²) in [6.07, 6.45) is 3.06. The molecule has 0 heterocycles. The van der Waals surface area contributed by atoms with Gasteiger partial charge in [-0.15, -0.1) is 0 Å². The number of nitrogens with one attached hydrogen (secondary N) is 1. The molecule has 104 valence electrons. The molecule has 0 amide bonds.